The van der Waals surface area contributed by atoms with Crippen LogP contribution in [-0.2, 0) is 36.8 Å². The zero-order valence-electron chi connectivity index (χ0n) is 11.7. The van der Waals surface area contributed by atoms with E-state index in [0.717, 1.165) is 0 Å². The van der Waals surface area contributed by atoms with Gasteiger partial charge in [-0.2, -0.15) is 0 Å². The first kappa shape index (κ1) is 17.5. The predicted octanol–water partition coefficient (Wildman–Crippen LogP) is 2.93. The van der Waals surface area contributed by atoms with E-state index in [1.54, 1.807) is 12.3 Å². The predicted molar refractivity (Wildman–Crippen MR) is 80.6 cm³/mol. The summed E-state index contributed by atoms with van der Waals surface area (Å²) >= 11 is 6.49. The zero-order valence-corrected chi connectivity index (χ0v) is 14.2. The minimum Gasteiger partial charge on any atom is -0.466 e. The molecule has 0 aromatic carbocycles. The average molecular weight is 339 g/mol. The van der Waals surface area contributed by atoms with Crippen molar-refractivity contribution in [3.8, 4) is 5.19 Å². The molecule has 6 nitrogen and oxygen atoms in total. The Morgan fingerprint density at radius 1 is 1.30 bits per heavy atom. The first-order valence-electron chi connectivity index (χ1n) is 6.21. The quantitative estimate of drug-likeness (QED) is 0.506. The zero-order chi connectivity index (χ0) is 15.0. The Hall–Kier alpha value is -0.530. The van der Waals surface area contributed by atoms with Gasteiger partial charge in [0.15, 0.2) is 0 Å². The van der Waals surface area contributed by atoms with E-state index < -0.39 is 6.72 Å². The Bertz CT molecular complexity index is 469. The van der Waals surface area contributed by atoms with Crippen LogP contribution in [0.3, 0.4) is 0 Å². The molecule has 1 aromatic heterocycles. The molecule has 0 atom stereocenters. The summed E-state index contributed by atoms with van der Waals surface area (Å²) in [4.78, 5) is 15.5. The maximum atomic E-state index is 11.4. The van der Waals surface area contributed by atoms with E-state index in [4.69, 9.17) is 30.1 Å². The number of esters is 1. The highest BCUT2D eigenvalue weighted by molar-refractivity contribution is 8.07. The molecule has 0 aliphatic rings. The van der Waals surface area contributed by atoms with E-state index >= 15 is 0 Å². The molecular formula is C11H18NO5PS2. The molecule has 0 radical (unpaired) electrons. The van der Waals surface area contributed by atoms with E-state index in [1.165, 1.54) is 11.3 Å². The van der Waals surface area contributed by atoms with Gasteiger partial charge < -0.3 is 9.26 Å². The Morgan fingerprint density at radius 3 is 2.50 bits per heavy atom. The molecule has 0 fully saturated rings. The topological polar surface area (TPSA) is 66.9 Å². The van der Waals surface area contributed by atoms with Crippen molar-refractivity contribution in [1.82, 2.24) is 4.98 Å². The molecule has 0 bridgehead atoms. The lowest BCUT2D eigenvalue weighted by Gasteiger charge is -2.18. The number of carbonyl (C=O) groups excluding carboxylic acids is 1. The minimum absolute atomic E-state index is 0.111. The number of nitrogens with zero attached hydrogens (tertiary/aromatic N) is 1. The summed E-state index contributed by atoms with van der Waals surface area (Å²) < 4.78 is 21.1. The molecule has 0 aliphatic heterocycles. The second kappa shape index (κ2) is 8.69. The fourth-order valence-electron chi connectivity index (χ4n) is 1.27. The van der Waals surface area contributed by atoms with Crippen LogP contribution in [-0.4, -0.2) is 30.8 Å². The summed E-state index contributed by atoms with van der Waals surface area (Å²) in [6.45, 7) is 3.73. The molecule has 0 saturated carbocycles. The molecule has 0 saturated heterocycles. The SMILES string of the molecule is CCOC(=O)Cc1csc(OP(=S)(OCC)OCC)n1. The largest absolute Gasteiger partial charge is 0.466 e. The smallest absolute Gasteiger partial charge is 0.382 e. The number of ether oxygens (including phenoxy) is 1. The van der Waals surface area contributed by atoms with Crippen LogP contribution < -0.4 is 4.52 Å². The van der Waals surface area contributed by atoms with Gasteiger partial charge in [0.05, 0.1) is 31.9 Å². The minimum atomic E-state index is -2.81. The Labute approximate surface area is 127 Å². The molecule has 0 amide bonds. The summed E-state index contributed by atoms with van der Waals surface area (Å²) in [7, 11) is 0. The third kappa shape index (κ3) is 5.85. The molecule has 0 N–H and O–H groups in total. The summed E-state index contributed by atoms with van der Waals surface area (Å²) in [6, 6.07) is 0. The molecule has 1 aromatic rings. The average Bonchev–Trinajstić information content (AvgIpc) is 2.76. The van der Waals surface area contributed by atoms with Crippen LogP contribution in [0.5, 0.6) is 5.19 Å². The van der Waals surface area contributed by atoms with Gasteiger partial charge in [-0.05, 0) is 20.8 Å². The Balaban J connectivity index is 2.66. The van der Waals surface area contributed by atoms with E-state index in [1.807, 2.05) is 13.8 Å². The van der Waals surface area contributed by atoms with Crippen molar-refractivity contribution in [2.45, 2.75) is 27.2 Å². The van der Waals surface area contributed by atoms with Crippen molar-refractivity contribution in [2.75, 3.05) is 19.8 Å². The fourth-order valence-corrected chi connectivity index (χ4v) is 4.31. The third-order valence-electron chi connectivity index (χ3n) is 1.93. The highest BCUT2D eigenvalue weighted by atomic mass is 32.5. The molecule has 1 heterocycles. The second-order valence-corrected chi connectivity index (χ2v) is 7.22. The van der Waals surface area contributed by atoms with Crippen LogP contribution in [0.2, 0.25) is 0 Å². The normalized spacial score (nSPS) is 11.3. The van der Waals surface area contributed by atoms with E-state index in [9.17, 15) is 4.79 Å². The van der Waals surface area contributed by atoms with E-state index in [0.29, 0.717) is 30.7 Å². The lowest BCUT2D eigenvalue weighted by atomic mass is 10.3. The molecular weight excluding hydrogens is 321 g/mol. The van der Waals surface area contributed by atoms with Crippen molar-refractivity contribution in [3.05, 3.63) is 11.1 Å². The molecule has 0 aliphatic carbocycles. The Kier molecular flexibility index (Phi) is 7.61. The monoisotopic (exact) mass is 339 g/mol. The summed E-state index contributed by atoms with van der Waals surface area (Å²) in [5.41, 5.74) is 0.581. The van der Waals surface area contributed by atoms with Gasteiger partial charge in [-0.15, -0.1) is 0 Å². The molecule has 20 heavy (non-hydrogen) atoms. The number of hydrogen-bond donors (Lipinski definition) is 0. The fraction of sp³-hybridized carbons (Fsp3) is 0.636. The van der Waals surface area contributed by atoms with Crippen LogP contribution in [0.25, 0.3) is 0 Å². The van der Waals surface area contributed by atoms with Crippen molar-refractivity contribution in [2.24, 2.45) is 0 Å². The van der Waals surface area contributed by atoms with Crippen LogP contribution in [0.4, 0.5) is 0 Å². The molecule has 0 unspecified atom stereocenters. The van der Waals surface area contributed by atoms with Gasteiger partial charge in [0.25, 0.3) is 5.19 Å². The van der Waals surface area contributed by atoms with Gasteiger partial charge >= 0.3 is 12.7 Å². The highest BCUT2D eigenvalue weighted by Gasteiger charge is 2.23. The third-order valence-corrected chi connectivity index (χ3v) is 5.22. The maximum absolute atomic E-state index is 11.4. The van der Waals surface area contributed by atoms with Crippen LogP contribution in [0.1, 0.15) is 26.5 Å². The number of hydrogen-bond acceptors (Lipinski definition) is 8. The molecule has 0 spiro atoms. The lowest BCUT2D eigenvalue weighted by molar-refractivity contribution is -0.142. The van der Waals surface area contributed by atoms with Gasteiger partial charge in [0.2, 0.25) is 0 Å². The number of thiazole rings is 1. The van der Waals surface area contributed by atoms with E-state index in [2.05, 4.69) is 4.98 Å². The van der Waals surface area contributed by atoms with Gasteiger partial charge in [-0.3, -0.25) is 13.8 Å². The molecule has 1 rings (SSSR count). The summed E-state index contributed by atoms with van der Waals surface area (Å²) in [5, 5.41) is 2.07. The summed E-state index contributed by atoms with van der Waals surface area (Å²) in [5.74, 6) is -0.321. The summed E-state index contributed by atoms with van der Waals surface area (Å²) in [6.07, 6.45) is 0.111. The van der Waals surface area contributed by atoms with Crippen molar-refractivity contribution < 1.29 is 23.1 Å². The van der Waals surface area contributed by atoms with Gasteiger partial charge in [0.1, 0.15) is 0 Å². The highest BCUT2D eigenvalue weighted by Crippen LogP contribution is 2.50. The maximum Gasteiger partial charge on any atom is 0.382 e. The number of rotatable bonds is 9. The first-order valence-corrected chi connectivity index (χ1v) is 9.65. The Morgan fingerprint density at radius 2 is 1.95 bits per heavy atom. The second-order valence-electron chi connectivity index (χ2n) is 3.46. The van der Waals surface area contributed by atoms with Crippen molar-refractivity contribution in [3.63, 3.8) is 0 Å². The van der Waals surface area contributed by atoms with Crippen molar-refractivity contribution >= 4 is 35.8 Å². The van der Waals surface area contributed by atoms with Crippen LogP contribution in [0, 0.1) is 0 Å². The van der Waals surface area contributed by atoms with Crippen LogP contribution in [0.15, 0.2) is 5.38 Å². The number of carbonyl (C=O) groups is 1. The first-order chi connectivity index (χ1) is 9.53. The van der Waals surface area contributed by atoms with Gasteiger partial charge in [-0.1, -0.05) is 11.3 Å². The van der Waals surface area contributed by atoms with Crippen LogP contribution >= 0.6 is 18.1 Å². The molecule has 114 valence electrons. The van der Waals surface area contributed by atoms with Gasteiger partial charge in [-0.25, -0.2) is 4.98 Å². The van der Waals surface area contributed by atoms with E-state index in [-0.39, 0.29) is 12.4 Å². The van der Waals surface area contributed by atoms with Gasteiger partial charge in [0, 0.05) is 17.2 Å². The van der Waals surface area contributed by atoms with Crippen molar-refractivity contribution in [1.29, 1.82) is 0 Å². The molecule has 9 heteroatoms. The standard InChI is InChI=1S/C11H18NO5PS2/c1-4-14-10(13)7-9-8-20-11(12-9)17-18(19,15-5-2)16-6-3/h8H,4-7H2,1-3H3. The number of aromatic nitrogens is 1. The lowest BCUT2D eigenvalue weighted by Crippen LogP contribution is -2.07.